The van der Waals surface area contributed by atoms with Crippen molar-refractivity contribution in [1.29, 1.82) is 0 Å². The van der Waals surface area contributed by atoms with E-state index < -0.39 is 0 Å². The van der Waals surface area contributed by atoms with Crippen LogP contribution in [0.4, 0.5) is 0 Å². The maximum atomic E-state index is 11.8. The Kier molecular flexibility index (Phi) is 3.82. The molecule has 2 rings (SSSR count). The first-order valence-electron chi connectivity index (χ1n) is 6.14. The lowest BCUT2D eigenvalue weighted by Crippen LogP contribution is -2.27. The number of nitrogens with zero attached hydrogens (tertiary/aromatic N) is 1. The Morgan fingerprint density at radius 2 is 1.67 bits per heavy atom. The standard InChI is InChI=1S/C15H18N2O/c1-12-8-9-13(2)17(12)11-10-16-15(18)14-6-4-3-5-7-14/h3-9H,10-11H2,1-2H3,(H,16,18). The second-order valence-electron chi connectivity index (χ2n) is 4.39. The van der Waals surface area contributed by atoms with E-state index in [1.165, 1.54) is 11.4 Å². The molecular formula is C15H18N2O. The third-order valence-corrected chi connectivity index (χ3v) is 3.07. The molecule has 1 heterocycles. The van der Waals surface area contributed by atoms with E-state index in [-0.39, 0.29) is 5.91 Å². The molecule has 1 N–H and O–H groups in total. The summed E-state index contributed by atoms with van der Waals surface area (Å²) in [5.74, 6) is -0.0157. The van der Waals surface area contributed by atoms with E-state index in [2.05, 4.69) is 35.9 Å². The van der Waals surface area contributed by atoms with Crippen molar-refractivity contribution in [2.24, 2.45) is 0 Å². The fourth-order valence-corrected chi connectivity index (χ4v) is 2.02. The van der Waals surface area contributed by atoms with Crippen LogP contribution in [0.25, 0.3) is 0 Å². The average molecular weight is 242 g/mol. The lowest BCUT2D eigenvalue weighted by atomic mass is 10.2. The van der Waals surface area contributed by atoms with Crippen LogP contribution >= 0.6 is 0 Å². The zero-order chi connectivity index (χ0) is 13.0. The number of aromatic nitrogens is 1. The van der Waals surface area contributed by atoms with Gasteiger partial charge in [-0.3, -0.25) is 4.79 Å². The molecule has 0 aliphatic heterocycles. The number of carbonyl (C=O) groups is 1. The van der Waals surface area contributed by atoms with Crippen LogP contribution in [0.1, 0.15) is 21.7 Å². The van der Waals surface area contributed by atoms with Crippen molar-refractivity contribution in [3.8, 4) is 0 Å². The fraction of sp³-hybridized carbons (Fsp3) is 0.267. The minimum atomic E-state index is -0.0157. The van der Waals surface area contributed by atoms with Crippen molar-refractivity contribution in [2.75, 3.05) is 6.54 Å². The van der Waals surface area contributed by atoms with Crippen LogP contribution in [-0.2, 0) is 6.54 Å². The van der Waals surface area contributed by atoms with Crippen molar-refractivity contribution >= 4 is 5.91 Å². The number of aryl methyl sites for hydroxylation is 2. The number of rotatable bonds is 4. The number of amides is 1. The van der Waals surface area contributed by atoms with E-state index in [9.17, 15) is 4.79 Å². The van der Waals surface area contributed by atoms with Gasteiger partial charge in [0.1, 0.15) is 0 Å². The first-order chi connectivity index (χ1) is 8.68. The molecule has 0 unspecified atom stereocenters. The van der Waals surface area contributed by atoms with Crippen LogP contribution < -0.4 is 5.32 Å². The maximum absolute atomic E-state index is 11.8. The Bertz CT molecular complexity index is 509. The van der Waals surface area contributed by atoms with Gasteiger partial charge in [0.25, 0.3) is 5.91 Å². The van der Waals surface area contributed by atoms with Gasteiger partial charge in [0, 0.05) is 30.0 Å². The summed E-state index contributed by atoms with van der Waals surface area (Å²) in [6.45, 7) is 5.60. The Morgan fingerprint density at radius 3 is 2.28 bits per heavy atom. The van der Waals surface area contributed by atoms with Crippen LogP contribution in [0.5, 0.6) is 0 Å². The van der Waals surface area contributed by atoms with E-state index >= 15 is 0 Å². The molecular weight excluding hydrogens is 224 g/mol. The lowest BCUT2D eigenvalue weighted by Gasteiger charge is -2.10. The summed E-state index contributed by atoms with van der Waals surface area (Å²) in [6, 6.07) is 13.5. The summed E-state index contributed by atoms with van der Waals surface area (Å²) in [5.41, 5.74) is 3.15. The van der Waals surface area contributed by atoms with Gasteiger partial charge in [-0.2, -0.15) is 0 Å². The summed E-state index contributed by atoms with van der Waals surface area (Å²) < 4.78 is 2.20. The van der Waals surface area contributed by atoms with Gasteiger partial charge in [-0.15, -0.1) is 0 Å². The first-order valence-corrected chi connectivity index (χ1v) is 6.14. The van der Waals surface area contributed by atoms with E-state index in [0.717, 1.165) is 6.54 Å². The number of hydrogen-bond acceptors (Lipinski definition) is 1. The quantitative estimate of drug-likeness (QED) is 0.878. The highest BCUT2D eigenvalue weighted by Gasteiger charge is 2.04. The summed E-state index contributed by atoms with van der Waals surface area (Å²) >= 11 is 0. The number of carbonyl (C=O) groups excluding carboxylic acids is 1. The fourth-order valence-electron chi connectivity index (χ4n) is 2.02. The van der Waals surface area contributed by atoms with Crippen molar-refractivity contribution in [3.63, 3.8) is 0 Å². The van der Waals surface area contributed by atoms with Gasteiger partial charge in [0.2, 0.25) is 0 Å². The third kappa shape index (κ3) is 2.80. The average Bonchev–Trinajstić information content (AvgIpc) is 2.71. The Hall–Kier alpha value is -2.03. The summed E-state index contributed by atoms with van der Waals surface area (Å²) in [4.78, 5) is 11.8. The molecule has 18 heavy (non-hydrogen) atoms. The third-order valence-electron chi connectivity index (χ3n) is 3.07. The molecule has 0 saturated carbocycles. The van der Waals surface area contributed by atoms with Crippen LogP contribution in [0.3, 0.4) is 0 Å². The summed E-state index contributed by atoms with van der Waals surface area (Å²) in [5, 5.41) is 2.93. The molecule has 0 aliphatic carbocycles. The Balaban J connectivity index is 1.88. The van der Waals surface area contributed by atoms with Crippen molar-refractivity contribution in [3.05, 3.63) is 59.4 Å². The van der Waals surface area contributed by atoms with Gasteiger partial charge in [-0.1, -0.05) is 18.2 Å². The molecule has 0 bridgehead atoms. The monoisotopic (exact) mass is 242 g/mol. The van der Waals surface area contributed by atoms with Crippen molar-refractivity contribution in [1.82, 2.24) is 9.88 Å². The molecule has 3 heteroatoms. The molecule has 0 aliphatic rings. The van der Waals surface area contributed by atoms with E-state index in [1.807, 2.05) is 30.3 Å². The summed E-state index contributed by atoms with van der Waals surface area (Å²) in [6.07, 6.45) is 0. The van der Waals surface area contributed by atoms with Crippen molar-refractivity contribution in [2.45, 2.75) is 20.4 Å². The second kappa shape index (κ2) is 5.54. The van der Waals surface area contributed by atoms with Crippen LogP contribution in [-0.4, -0.2) is 17.0 Å². The zero-order valence-electron chi connectivity index (χ0n) is 10.8. The SMILES string of the molecule is Cc1ccc(C)n1CCNC(=O)c1ccccc1. The Morgan fingerprint density at radius 1 is 1.06 bits per heavy atom. The molecule has 1 aromatic carbocycles. The number of benzene rings is 1. The largest absolute Gasteiger partial charge is 0.350 e. The molecule has 3 nitrogen and oxygen atoms in total. The molecule has 0 atom stereocenters. The van der Waals surface area contributed by atoms with E-state index in [1.54, 1.807) is 0 Å². The molecule has 94 valence electrons. The van der Waals surface area contributed by atoms with Crippen LogP contribution in [0.15, 0.2) is 42.5 Å². The molecule has 0 spiro atoms. The predicted octanol–water partition coefficient (Wildman–Crippen LogP) is 2.53. The zero-order valence-corrected chi connectivity index (χ0v) is 10.8. The van der Waals surface area contributed by atoms with Crippen LogP contribution in [0.2, 0.25) is 0 Å². The minimum Gasteiger partial charge on any atom is -0.350 e. The lowest BCUT2D eigenvalue weighted by molar-refractivity contribution is 0.0952. The highest BCUT2D eigenvalue weighted by molar-refractivity contribution is 5.94. The highest BCUT2D eigenvalue weighted by Crippen LogP contribution is 2.06. The Labute approximate surface area is 107 Å². The van der Waals surface area contributed by atoms with Gasteiger partial charge < -0.3 is 9.88 Å². The van der Waals surface area contributed by atoms with E-state index in [0.29, 0.717) is 12.1 Å². The normalized spacial score (nSPS) is 10.3. The number of nitrogens with one attached hydrogen (secondary N) is 1. The maximum Gasteiger partial charge on any atom is 0.251 e. The molecule has 1 aromatic heterocycles. The van der Waals surface area contributed by atoms with Gasteiger partial charge in [-0.05, 0) is 38.1 Å². The van der Waals surface area contributed by atoms with Gasteiger partial charge in [-0.25, -0.2) is 0 Å². The molecule has 0 radical (unpaired) electrons. The predicted molar refractivity (Wildman–Crippen MR) is 72.7 cm³/mol. The van der Waals surface area contributed by atoms with Gasteiger partial charge in [0.15, 0.2) is 0 Å². The van der Waals surface area contributed by atoms with Gasteiger partial charge >= 0.3 is 0 Å². The first kappa shape index (κ1) is 12.4. The second-order valence-corrected chi connectivity index (χ2v) is 4.39. The summed E-state index contributed by atoms with van der Waals surface area (Å²) in [7, 11) is 0. The smallest absolute Gasteiger partial charge is 0.251 e. The molecule has 2 aromatic rings. The van der Waals surface area contributed by atoms with Crippen molar-refractivity contribution < 1.29 is 4.79 Å². The highest BCUT2D eigenvalue weighted by atomic mass is 16.1. The van der Waals surface area contributed by atoms with Gasteiger partial charge in [0.05, 0.1) is 0 Å². The number of hydrogen-bond donors (Lipinski definition) is 1. The molecule has 0 saturated heterocycles. The topological polar surface area (TPSA) is 34.0 Å². The minimum absolute atomic E-state index is 0.0157. The van der Waals surface area contributed by atoms with Crippen LogP contribution in [0, 0.1) is 13.8 Å². The van der Waals surface area contributed by atoms with E-state index in [4.69, 9.17) is 0 Å². The molecule has 1 amide bonds. The molecule has 0 fully saturated rings.